The van der Waals surface area contributed by atoms with E-state index in [1.54, 1.807) is 19.6 Å². The molecule has 1 N–H and O–H groups in total. The van der Waals surface area contributed by atoms with E-state index in [1.807, 2.05) is 72.6 Å². The Kier molecular flexibility index (Phi) is 9.96. The first-order chi connectivity index (χ1) is 19.4. The van der Waals surface area contributed by atoms with Crippen molar-refractivity contribution >= 4 is 23.2 Å². The van der Waals surface area contributed by atoms with Crippen LogP contribution < -0.4 is 14.8 Å². The second-order valence-electron chi connectivity index (χ2n) is 9.49. The van der Waals surface area contributed by atoms with Crippen LogP contribution >= 0.6 is 11.3 Å². The molecule has 0 aliphatic heterocycles. The maximum absolute atomic E-state index is 13.3. The highest BCUT2D eigenvalue weighted by atomic mass is 32.1. The lowest BCUT2D eigenvalue weighted by atomic mass is 10.1. The Morgan fingerprint density at radius 2 is 1.85 bits per heavy atom. The zero-order chi connectivity index (χ0) is 28.5. The number of amides is 2. The van der Waals surface area contributed by atoms with Crippen LogP contribution in [0.1, 0.15) is 56.0 Å². The highest BCUT2D eigenvalue weighted by molar-refractivity contribution is 7.09. The second kappa shape index (κ2) is 13.8. The molecule has 0 atom stereocenters. The molecule has 0 saturated carbocycles. The van der Waals surface area contributed by atoms with Gasteiger partial charge in [-0.3, -0.25) is 9.59 Å². The number of hydrogen-bond donors (Lipinski definition) is 1. The van der Waals surface area contributed by atoms with E-state index >= 15 is 0 Å². The number of aryl methyl sites for hydroxylation is 1. The minimum Gasteiger partial charge on any atom is -0.493 e. The van der Waals surface area contributed by atoms with Crippen molar-refractivity contribution in [3.05, 3.63) is 99.3 Å². The SMILES string of the molecule is CCCN(Cc1cccn1Cc1nc(C(=O)NCCc2ccc(OC)c(OC)c2)cs1)C(=O)c1ccccc1C. The van der Waals surface area contributed by atoms with E-state index in [4.69, 9.17) is 9.47 Å². The monoisotopic (exact) mass is 560 g/mol. The third-order valence-corrected chi connectivity index (χ3v) is 7.50. The molecule has 2 aromatic heterocycles. The molecular weight excluding hydrogens is 524 g/mol. The number of hydrogen-bond acceptors (Lipinski definition) is 6. The zero-order valence-electron chi connectivity index (χ0n) is 23.5. The van der Waals surface area contributed by atoms with E-state index in [0.717, 1.165) is 33.8 Å². The first kappa shape index (κ1) is 28.9. The van der Waals surface area contributed by atoms with Crippen LogP contribution in [-0.4, -0.2) is 53.6 Å². The van der Waals surface area contributed by atoms with E-state index in [9.17, 15) is 9.59 Å². The maximum Gasteiger partial charge on any atom is 0.270 e. The molecule has 0 fully saturated rings. The Morgan fingerprint density at radius 3 is 2.60 bits per heavy atom. The summed E-state index contributed by atoms with van der Waals surface area (Å²) in [6.45, 7) is 6.22. The Morgan fingerprint density at radius 1 is 1.05 bits per heavy atom. The van der Waals surface area contributed by atoms with Gasteiger partial charge in [0.1, 0.15) is 10.7 Å². The number of methoxy groups -OCH3 is 2. The van der Waals surface area contributed by atoms with Crippen LogP contribution in [0.3, 0.4) is 0 Å². The molecule has 9 heteroatoms. The smallest absolute Gasteiger partial charge is 0.270 e. The lowest BCUT2D eigenvalue weighted by molar-refractivity contribution is 0.0738. The lowest BCUT2D eigenvalue weighted by Crippen LogP contribution is -2.32. The summed E-state index contributed by atoms with van der Waals surface area (Å²) in [5.74, 6) is 1.17. The molecular formula is C31H36N4O4S. The molecule has 0 aliphatic carbocycles. The Balaban J connectivity index is 1.35. The number of aromatic nitrogens is 2. The van der Waals surface area contributed by atoms with Gasteiger partial charge in [0, 0.05) is 35.9 Å². The van der Waals surface area contributed by atoms with Crippen molar-refractivity contribution in [2.24, 2.45) is 0 Å². The van der Waals surface area contributed by atoms with Gasteiger partial charge in [-0.05, 0) is 61.2 Å². The highest BCUT2D eigenvalue weighted by Gasteiger charge is 2.19. The molecule has 4 aromatic rings. The van der Waals surface area contributed by atoms with Crippen molar-refractivity contribution in [2.75, 3.05) is 27.3 Å². The van der Waals surface area contributed by atoms with Crippen molar-refractivity contribution in [1.29, 1.82) is 0 Å². The third kappa shape index (κ3) is 7.09. The van der Waals surface area contributed by atoms with Gasteiger partial charge in [-0.15, -0.1) is 11.3 Å². The van der Waals surface area contributed by atoms with Crippen molar-refractivity contribution in [3.63, 3.8) is 0 Å². The molecule has 4 rings (SSSR count). The summed E-state index contributed by atoms with van der Waals surface area (Å²) in [4.78, 5) is 32.5. The fourth-order valence-corrected chi connectivity index (χ4v) is 5.30. The molecule has 0 aliphatic rings. The van der Waals surface area contributed by atoms with Crippen LogP contribution in [0.15, 0.2) is 66.2 Å². The Hall–Kier alpha value is -4.11. The van der Waals surface area contributed by atoms with E-state index in [-0.39, 0.29) is 11.8 Å². The van der Waals surface area contributed by atoms with Gasteiger partial charge in [0.15, 0.2) is 11.5 Å². The van der Waals surface area contributed by atoms with E-state index in [1.165, 1.54) is 11.3 Å². The number of thiazole rings is 1. The first-order valence-electron chi connectivity index (χ1n) is 13.4. The van der Waals surface area contributed by atoms with Gasteiger partial charge >= 0.3 is 0 Å². The van der Waals surface area contributed by atoms with Gasteiger partial charge in [0.2, 0.25) is 0 Å². The molecule has 2 aromatic carbocycles. The average molecular weight is 561 g/mol. The fourth-order valence-electron chi connectivity index (χ4n) is 4.53. The number of nitrogens with one attached hydrogen (secondary N) is 1. The van der Waals surface area contributed by atoms with Gasteiger partial charge in [0.25, 0.3) is 11.8 Å². The summed E-state index contributed by atoms with van der Waals surface area (Å²) < 4.78 is 12.7. The fraction of sp³-hybridized carbons (Fsp3) is 0.323. The zero-order valence-corrected chi connectivity index (χ0v) is 24.3. The van der Waals surface area contributed by atoms with Gasteiger partial charge in [0.05, 0.1) is 27.3 Å². The quantitative estimate of drug-likeness (QED) is 0.239. The standard InChI is InChI=1S/C31H36N4O4S/c1-5-16-35(31(37)25-11-7-6-9-22(25)2)19-24-10-8-17-34(24)20-29-33-26(21-40-29)30(36)32-15-14-23-12-13-27(38-3)28(18-23)39-4/h6-13,17-18,21H,5,14-16,19-20H2,1-4H3,(H,32,36). The highest BCUT2D eigenvalue weighted by Crippen LogP contribution is 2.27. The normalized spacial score (nSPS) is 10.8. The van der Waals surface area contributed by atoms with Crippen molar-refractivity contribution in [3.8, 4) is 11.5 Å². The van der Waals surface area contributed by atoms with E-state index in [0.29, 0.717) is 49.8 Å². The molecule has 0 spiro atoms. The van der Waals surface area contributed by atoms with Crippen LogP contribution in [0.2, 0.25) is 0 Å². The lowest BCUT2D eigenvalue weighted by Gasteiger charge is -2.24. The maximum atomic E-state index is 13.3. The molecule has 0 saturated heterocycles. The summed E-state index contributed by atoms with van der Waals surface area (Å²) in [7, 11) is 3.21. The largest absolute Gasteiger partial charge is 0.493 e. The number of carbonyl (C=O) groups excluding carboxylic acids is 2. The first-order valence-corrected chi connectivity index (χ1v) is 14.2. The van der Waals surface area contributed by atoms with E-state index in [2.05, 4.69) is 21.8 Å². The van der Waals surface area contributed by atoms with Crippen LogP contribution in [0.5, 0.6) is 11.5 Å². The molecule has 8 nitrogen and oxygen atoms in total. The van der Waals surface area contributed by atoms with Gasteiger partial charge in [-0.25, -0.2) is 4.98 Å². The summed E-state index contributed by atoms with van der Waals surface area (Å²) in [5, 5.41) is 5.57. The van der Waals surface area contributed by atoms with Crippen molar-refractivity contribution in [1.82, 2.24) is 19.8 Å². The topological polar surface area (TPSA) is 85.7 Å². The number of ether oxygens (including phenoxy) is 2. The van der Waals surface area contributed by atoms with Crippen LogP contribution in [0.25, 0.3) is 0 Å². The number of carbonyl (C=O) groups is 2. The molecule has 2 amide bonds. The molecule has 210 valence electrons. The molecule has 40 heavy (non-hydrogen) atoms. The summed E-state index contributed by atoms with van der Waals surface area (Å²) in [5.41, 5.74) is 4.17. The van der Waals surface area contributed by atoms with Crippen LogP contribution in [-0.2, 0) is 19.5 Å². The Labute approximate surface area is 239 Å². The van der Waals surface area contributed by atoms with Crippen molar-refractivity contribution in [2.45, 2.75) is 39.8 Å². The van der Waals surface area contributed by atoms with Crippen LogP contribution in [0.4, 0.5) is 0 Å². The minimum atomic E-state index is -0.200. The molecule has 2 heterocycles. The Bertz CT molecular complexity index is 1440. The van der Waals surface area contributed by atoms with Gasteiger partial charge < -0.3 is 24.3 Å². The molecule has 0 radical (unpaired) electrons. The molecule has 0 unspecified atom stereocenters. The second-order valence-corrected chi connectivity index (χ2v) is 10.4. The predicted octanol–water partition coefficient (Wildman–Crippen LogP) is 5.34. The number of rotatable bonds is 13. The van der Waals surface area contributed by atoms with Gasteiger partial charge in [-0.1, -0.05) is 31.2 Å². The van der Waals surface area contributed by atoms with Gasteiger partial charge in [-0.2, -0.15) is 0 Å². The van der Waals surface area contributed by atoms with Crippen LogP contribution in [0, 0.1) is 6.92 Å². The number of benzene rings is 2. The third-order valence-electron chi connectivity index (χ3n) is 6.67. The average Bonchev–Trinajstić information content (AvgIpc) is 3.62. The summed E-state index contributed by atoms with van der Waals surface area (Å²) in [6, 6.07) is 17.4. The van der Waals surface area contributed by atoms with Crippen molar-refractivity contribution < 1.29 is 19.1 Å². The summed E-state index contributed by atoms with van der Waals surface area (Å²) >= 11 is 1.45. The van der Waals surface area contributed by atoms with E-state index < -0.39 is 0 Å². The predicted molar refractivity (Wildman–Crippen MR) is 157 cm³/mol. The summed E-state index contributed by atoms with van der Waals surface area (Å²) in [6.07, 6.45) is 3.52. The molecule has 0 bridgehead atoms. The number of nitrogens with zero attached hydrogens (tertiary/aromatic N) is 3. The minimum absolute atomic E-state index is 0.0361.